The molecule has 6 heteroatoms. The lowest BCUT2D eigenvalue weighted by molar-refractivity contribution is 0.0734. The molecule has 3 aromatic rings. The van der Waals surface area contributed by atoms with Gasteiger partial charge in [0.15, 0.2) is 0 Å². The largest absolute Gasteiger partial charge is 0.497 e. The Morgan fingerprint density at radius 2 is 1.27 bits per heavy atom. The molecule has 0 aliphatic rings. The summed E-state index contributed by atoms with van der Waals surface area (Å²) in [7, 11) is 1.57. The van der Waals surface area contributed by atoms with Gasteiger partial charge >= 0.3 is 5.97 Å². The highest BCUT2D eigenvalue weighted by molar-refractivity contribution is 5.91. The summed E-state index contributed by atoms with van der Waals surface area (Å²) in [5.74, 6) is 1.96. The fourth-order valence-corrected chi connectivity index (χ4v) is 2.46. The first-order valence-electron chi connectivity index (χ1n) is 9.64. The van der Waals surface area contributed by atoms with Gasteiger partial charge in [0.25, 0.3) is 0 Å². The summed E-state index contributed by atoms with van der Waals surface area (Å²) in [6.45, 7) is 4.89. The van der Waals surface area contributed by atoms with E-state index < -0.39 is 5.97 Å². The van der Waals surface area contributed by atoms with Crippen molar-refractivity contribution in [2.75, 3.05) is 13.7 Å². The van der Waals surface area contributed by atoms with Crippen LogP contribution in [0.2, 0.25) is 0 Å². The molecule has 3 aromatic carbocycles. The molecule has 3 rings (SSSR count). The van der Waals surface area contributed by atoms with Crippen molar-refractivity contribution in [1.82, 2.24) is 0 Å². The van der Waals surface area contributed by atoms with Crippen molar-refractivity contribution in [3.05, 3.63) is 78.4 Å². The van der Waals surface area contributed by atoms with Crippen molar-refractivity contribution in [2.24, 2.45) is 16.1 Å². The van der Waals surface area contributed by atoms with E-state index in [0.717, 1.165) is 11.4 Å². The standard InChI is InChI=1S/C24H24N2O4/c1-17(2)16-29-22-12-6-19(7-13-22)25-26-20-8-14-23(15-9-20)30-24(27)18-4-10-21(28-3)11-5-18/h4-15,17H,16H2,1-3H3. The van der Waals surface area contributed by atoms with Gasteiger partial charge in [-0.15, -0.1) is 0 Å². The first kappa shape index (κ1) is 21.0. The van der Waals surface area contributed by atoms with Crippen molar-refractivity contribution in [3.63, 3.8) is 0 Å². The minimum Gasteiger partial charge on any atom is -0.497 e. The van der Waals surface area contributed by atoms with Crippen molar-refractivity contribution >= 4 is 17.3 Å². The fourth-order valence-electron chi connectivity index (χ4n) is 2.46. The Balaban J connectivity index is 1.56. The Morgan fingerprint density at radius 1 is 0.767 bits per heavy atom. The molecule has 0 N–H and O–H groups in total. The molecule has 6 nitrogen and oxygen atoms in total. The summed E-state index contributed by atoms with van der Waals surface area (Å²) < 4.78 is 16.1. The number of ether oxygens (including phenoxy) is 3. The van der Waals surface area contributed by atoms with Crippen LogP contribution >= 0.6 is 0 Å². The Morgan fingerprint density at radius 3 is 1.77 bits per heavy atom. The van der Waals surface area contributed by atoms with Gasteiger partial charge in [-0.3, -0.25) is 0 Å². The normalized spacial score (nSPS) is 10.9. The van der Waals surface area contributed by atoms with Gasteiger partial charge in [-0.05, 0) is 78.7 Å². The monoisotopic (exact) mass is 404 g/mol. The summed E-state index contributed by atoms with van der Waals surface area (Å²) in [6, 6.07) is 21.0. The average molecular weight is 404 g/mol. The van der Waals surface area contributed by atoms with Gasteiger partial charge in [-0.1, -0.05) is 13.8 Å². The molecule has 0 bridgehead atoms. The van der Waals surface area contributed by atoms with Crippen LogP contribution in [0.5, 0.6) is 17.2 Å². The summed E-state index contributed by atoms with van der Waals surface area (Å²) in [6.07, 6.45) is 0. The van der Waals surface area contributed by atoms with Gasteiger partial charge in [0.2, 0.25) is 0 Å². The molecule has 0 unspecified atom stereocenters. The van der Waals surface area contributed by atoms with Crippen molar-refractivity contribution < 1.29 is 19.0 Å². The molecule has 0 aliphatic heterocycles. The number of rotatable bonds is 8. The second-order valence-electron chi connectivity index (χ2n) is 7.01. The maximum absolute atomic E-state index is 12.2. The topological polar surface area (TPSA) is 69.5 Å². The van der Waals surface area contributed by atoms with Gasteiger partial charge < -0.3 is 14.2 Å². The number of hydrogen-bond acceptors (Lipinski definition) is 6. The highest BCUT2D eigenvalue weighted by Gasteiger charge is 2.08. The van der Waals surface area contributed by atoms with Crippen LogP contribution in [0.25, 0.3) is 0 Å². The van der Waals surface area contributed by atoms with Gasteiger partial charge in [0, 0.05) is 0 Å². The summed E-state index contributed by atoms with van der Waals surface area (Å²) in [5, 5.41) is 8.42. The molecule has 0 heterocycles. The van der Waals surface area contributed by atoms with Crippen molar-refractivity contribution in [3.8, 4) is 17.2 Å². The minimum atomic E-state index is -0.438. The highest BCUT2D eigenvalue weighted by atomic mass is 16.5. The molecule has 154 valence electrons. The number of methoxy groups -OCH3 is 1. The van der Waals surface area contributed by atoms with Crippen LogP contribution in [-0.4, -0.2) is 19.7 Å². The molecular formula is C24H24N2O4. The predicted octanol–water partition coefficient (Wildman–Crippen LogP) is 6.36. The number of azo groups is 1. The van der Waals surface area contributed by atoms with Gasteiger partial charge in [-0.2, -0.15) is 10.2 Å². The SMILES string of the molecule is COc1ccc(C(=O)Oc2ccc(N=Nc3ccc(OCC(C)C)cc3)cc2)cc1. The van der Waals surface area contributed by atoms with Crippen molar-refractivity contribution in [1.29, 1.82) is 0 Å². The number of nitrogens with zero attached hydrogens (tertiary/aromatic N) is 2. The minimum absolute atomic E-state index is 0.432. The first-order chi connectivity index (χ1) is 14.5. The zero-order valence-electron chi connectivity index (χ0n) is 17.2. The fraction of sp³-hybridized carbons (Fsp3) is 0.208. The van der Waals surface area contributed by atoms with E-state index in [1.807, 2.05) is 24.3 Å². The predicted molar refractivity (Wildman–Crippen MR) is 115 cm³/mol. The zero-order valence-corrected chi connectivity index (χ0v) is 17.2. The Bertz CT molecular complexity index is 979. The van der Waals surface area contributed by atoms with E-state index in [1.165, 1.54) is 0 Å². The third kappa shape index (κ3) is 6.17. The van der Waals surface area contributed by atoms with E-state index in [2.05, 4.69) is 24.1 Å². The van der Waals surface area contributed by atoms with Gasteiger partial charge in [0.05, 0.1) is 30.7 Å². The number of carbonyl (C=O) groups is 1. The number of hydrogen-bond donors (Lipinski definition) is 0. The molecule has 0 fully saturated rings. The van der Waals surface area contributed by atoms with Crippen LogP contribution in [0.4, 0.5) is 11.4 Å². The Kier molecular flexibility index (Phi) is 7.16. The molecule has 0 saturated carbocycles. The van der Waals surface area contributed by atoms with Crippen LogP contribution in [0.3, 0.4) is 0 Å². The number of carbonyl (C=O) groups excluding carboxylic acids is 1. The van der Waals surface area contributed by atoms with Crippen LogP contribution in [0, 0.1) is 5.92 Å². The maximum atomic E-state index is 12.2. The molecule has 0 saturated heterocycles. The van der Waals surface area contributed by atoms with E-state index in [4.69, 9.17) is 14.2 Å². The zero-order chi connectivity index (χ0) is 21.3. The molecule has 0 aliphatic carbocycles. The average Bonchev–Trinajstić information content (AvgIpc) is 2.78. The van der Waals surface area contributed by atoms with Gasteiger partial charge in [0.1, 0.15) is 17.2 Å². The Hall–Kier alpha value is -3.67. The van der Waals surface area contributed by atoms with E-state index in [-0.39, 0.29) is 0 Å². The number of esters is 1. The van der Waals surface area contributed by atoms with Crippen LogP contribution in [0.1, 0.15) is 24.2 Å². The lowest BCUT2D eigenvalue weighted by atomic mass is 10.2. The molecular weight excluding hydrogens is 380 g/mol. The second kappa shape index (κ2) is 10.2. The van der Waals surface area contributed by atoms with E-state index in [1.54, 1.807) is 55.6 Å². The van der Waals surface area contributed by atoms with Gasteiger partial charge in [-0.25, -0.2) is 4.79 Å². The van der Waals surface area contributed by atoms with Crippen molar-refractivity contribution in [2.45, 2.75) is 13.8 Å². The summed E-state index contributed by atoms with van der Waals surface area (Å²) in [5.41, 5.74) is 1.82. The molecule has 30 heavy (non-hydrogen) atoms. The summed E-state index contributed by atoms with van der Waals surface area (Å²) in [4.78, 5) is 12.2. The molecule has 0 radical (unpaired) electrons. The smallest absolute Gasteiger partial charge is 0.343 e. The quantitative estimate of drug-likeness (QED) is 0.249. The van der Waals surface area contributed by atoms with Crippen LogP contribution < -0.4 is 14.2 Å². The second-order valence-corrected chi connectivity index (χ2v) is 7.01. The molecule has 0 atom stereocenters. The lowest BCUT2D eigenvalue weighted by Gasteiger charge is -2.08. The van der Waals surface area contributed by atoms with Crippen LogP contribution in [0.15, 0.2) is 83.0 Å². The van der Waals surface area contributed by atoms with E-state index in [9.17, 15) is 4.79 Å². The summed E-state index contributed by atoms with van der Waals surface area (Å²) >= 11 is 0. The molecule has 0 amide bonds. The van der Waals surface area contributed by atoms with E-state index in [0.29, 0.717) is 35.3 Å². The maximum Gasteiger partial charge on any atom is 0.343 e. The van der Waals surface area contributed by atoms with Crippen LogP contribution in [-0.2, 0) is 0 Å². The highest BCUT2D eigenvalue weighted by Crippen LogP contribution is 2.24. The lowest BCUT2D eigenvalue weighted by Crippen LogP contribution is -2.08. The molecule has 0 spiro atoms. The molecule has 0 aromatic heterocycles. The first-order valence-corrected chi connectivity index (χ1v) is 9.64. The Labute approximate surface area is 176 Å². The third-order valence-electron chi connectivity index (χ3n) is 4.07. The number of benzene rings is 3. The third-order valence-corrected chi connectivity index (χ3v) is 4.07. The van der Waals surface area contributed by atoms with E-state index >= 15 is 0 Å².